The smallest absolute Gasteiger partial charge is 0.287 e. The molecule has 0 saturated carbocycles. The van der Waals surface area contributed by atoms with Crippen LogP contribution in [0, 0.1) is 0 Å². The van der Waals surface area contributed by atoms with Crippen LogP contribution in [0.2, 0.25) is 5.02 Å². The lowest BCUT2D eigenvalue weighted by atomic mass is 10.2. The largest absolute Gasteiger partial charge is 0.343 e. The maximum atomic E-state index is 13.1. The molecule has 136 valence electrons. The van der Waals surface area contributed by atoms with Gasteiger partial charge in [0.1, 0.15) is 0 Å². The van der Waals surface area contributed by atoms with Crippen molar-refractivity contribution >= 4 is 32.7 Å². The fourth-order valence-corrected chi connectivity index (χ4v) is 4.68. The summed E-state index contributed by atoms with van der Waals surface area (Å²) < 4.78 is 28.5. The summed E-state index contributed by atoms with van der Waals surface area (Å²) in [6.07, 6.45) is 0. The highest BCUT2D eigenvalue weighted by Gasteiger charge is 2.25. The van der Waals surface area contributed by atoms with Crippen LogP contribution >= 0.6 is 11.6 Å². The number of nitrogens with zero attached hydrogens (tertiary/aromatic N) is 2. The number of halogens is 1. The zero-order chi connectivity index (χ0) is 19.0. The average molecular weight is 399 g/mol. The normalized spacial score (nSPS) is 11.7. The summed E-state index contributed by atoms with van der Waals surface area (Å²) in [5.74, 6) is 0. The molecule has 5 nitrogen and oxygen atoms in total. The Balaban J connectivity index is 1.98. The molecule has 7 heteroatoms. The van der Waals surface area contributed by atoms with Gasteiger partial charge in [0.15, 0.2) is 0 Å². The fraction of sp³-hybridized carbons (Fsp3) is 0.0500. The van der Waals surface area contributed by atoms with E-state index in [1.165, 1.54) is 16.7 Å². The van der Waals surface area contributed by atoms with Crippen molar-refractivity contribution in [1.29, 1.82) is 0 Å². The molecular weight excluding hydrogens is 384 g/mol. The van der Waals surface area contributed by atoms with Crippen LogP contribution in [0.3, 0.4) is 0 Å². The van der Waals surface area contributed by atoms with Gasteiger partial charge in [-0.05, 0) is 35.9 Å². The number of hydrogen-bond acceptors (Lipinski definition) is 3. The van der Waals surface area contributed by atoms with Gasteiger partial charge in [0, 0.05) is 5.02 Å². The molecule has 0 saturated heterocycles. The van der Waals surface area contributed by atoms with E-state index in [-0.39, 0.29) is 11.4 Å². The molecule has 4 aromatic rings. The minimum atomic E-state index is -4.03. The topological polar surface area (TPSA) is 61.1 Å². The third-order valence-corrected chi connectivity index (χ3v) is 6.43. The molecule has 3 aromatic carbocycles. The predicted molar refractivity (Wildman–Crippen MR) is 106 cm³/mol. The molecular formula is C20H15ClN2O3S. The second kappa shape index (κ2) is 6.72. The SMILES string of the molecule is O=c1n(Cc2ccccc2Cl)c2ccccc2n1S(=O)(=O)c1ccccc1. The Morgan fingerprint density at radius 1 is 0.778 bits per heavy atom. The third-order valence-electron chi connectivity index (χ3n) is 4.36. The van der Waals surface area contributed by atoms with Gasteiger partial charge >= 0.3 is 5.69 Å². The van der Waals surface area contributed by atoms with Crippen LogP contribution < -0.4 is 5.69 Å². The zero-order valence-electron chi connectivity index (χ0n) is 14.1. The predicted octanol–water partition coefficient (Wildman–Crippen LogP) is 3.74. The van der Waals surface area contributed by atoms with Crippen molar-refractivity contribution in [3.05, 3.63) is 99.9 Å². The summed E-state index contributed by atoms with van der Waals surface area (Å²) in [4.78, 5) is 13.2. The highest BCUT2D eigenvalue weighted by atomic mass is 35.5. The van der Waals surface area contributed by atoms with Crippen LogP contribution in [-0.2, 0) is 16.6 Å². The molecule has 0 N–H and O–H groups in total. The summed E-state index contributed by atoms with van der Waals surface area (Å²) in [6.45, 7) is 0.177. The summed E-state index contributed by atoms with van der Waals surface area (Å²) in [5.41, 5.74) is 0.974. The number of imidazole rings is 1. The molecule has 4 rings (SSSR count). The number of rotatable bonds is 4. The van der Waals surface area contributed by atoms with E-state index in [0.29, 0.717) is 16.1 Å². The van der Waals surface area contributed by atoms with Gasteiger partial charge in [0.25, 0.3) is 10.0 Å². The molecule has 0 atom stereocenters. The van der Waals surface area contributed by atoms with Crippen molar-refractivity contribution < 1.29 is 8.42 Å². The lowest BCUT2D eigenvalue weighted by Gasteiger charge is -2.06. The number of para-hydroxylation sites is 2. The summed E-state index contributed by atoms with van der Waals surface area (Å²) in [6, 6.07) is 21.9. The first-order valence-corrected chi connectivity index (χ1v) is 10.1. The van der Waals surface area contributed by atoms with E-state index in [0.717, 1.165) is 9.54 Å². The standard InChI is InChI=1S/C20H15ClN2O3S/c21-17-11-5-4-8-15(17)14-22-18-12-6-7-13-19(18)23(20(22)24)27(25,26)16-9-2-1-3-10-16/h1-13H,14H2. The highest BCUT2D eigenvalue weighted by Crippen LogP contribution is 2.22. The van der Waals surface area contributed by atoms with E-state index in [4.69, 9.17) is 11.6 Å². The van der Waals surface area contributed by atoms with Crippen LogP contribution in [0.15, 0.2) is 88.6 Å². The van der Waals surface area contributed by atoms with Gasteiger partial charge in [0.05, 0.1) is 22.5 Å². The molecule has 0 aliphatic carbocycles. The number of fused-ring (bicyclic) bond motifs is 1. The van der Waals surface area contributed by atoms with E-state index in [1.54, 1.807) is 54.6 Å². The van der Waals surface area contributed by atoms with Gasteiger partial charge in [-0.1, -0.05) is 60.1 Å². The summed E-state index contributed by atoms with van der Waals surface area (Å²) in [7, 11) is -4.03. The first-order valence-electron chi connectivity index (χ1n) is 8.24. The average Bonchev–Trinajstić information content (AvgIpc) is 2.96. The van der Waals surface area contributed by atoms with Crippen molar-refractivity contribution in [3.8, 4) is 0 Å². The Bertz CT molecular complexity index is 1290. The molecule has 0 spiro atoms. The van der Waals surface area contributed by atoms with E-state index in [1.807, 2.05) is 12.1 Å². The Hall–Kier alpha value is -2.83. The summed E-state index contributed by atoms with van der Waals surface area (Å²) >= 11 is 6.23. The van der Waals surface area contributed by atoms with Crippen LogP contribution in [0.5, 0.6) is 0 Å². The summed E-state index contributed by atoms with van der Waals surface area (Å²) in [5, 5.41) is 0.521. The number of benzene rings is 3. The van der Waals surface area contributed by atoms with E-state index < -0.39 is 15.7 Å². The molecule has 0 aliphatic rings. The molecule has 1 aromatic heterocycles. The molecule has 0 fully saturated rings. The van der Waals surface area contributed by atoms with Gasteiger partial charge in [-0.2, -0.15) is 3.97 Å². The molecule has 0 amide bonds. The fourth-order valence-electron chi connectivity index (χ4n) is 3.06. The third kappa shape index (κ3) is 2.97. The second-order valence-corrected chi connectivity index (χ2v) is 8.23. The minimum absolute atomic E-state index is 0.0627. The molecule has 1 heterocycles. The maximum Gasteiger partial charge on any atom is 0.343 e. The van der Waals surface area contributed by atoms with Crippen molar-refractivity contribution in [2.75, 3.05) is 0 Å². The van der Waals surface area contributed by atoms with Gasteiger partial charge in [-0.15, -0.1) is 0 Å². The lowest BCUT2D eigenvalue weighted by Crippen LogP contribution is -2.30. The van der Waals surface area contributed by atoms with E-state index in [2.05, 4.69) is 0 Å². The van der Waals surface area contributed by atoms with Crippen molar-refractivity contribution in [1.82, 2.24) is 8.54 Å². The molecule has 27 heavy (non-hydrogen) atoms. The quantitative estimate of drug-likeness (QED) is 0.526. The van der Waals surface area contributed by atoms with Crippen LogP contribution in [0.25, 0.3) is 11.0 Å². The molecule has 0 radical (unpaired) electrons. The number of hydrogen-bond donors (Lipinski definition) is 0. The Morgan fingerprint density at radius 2 is 1.37 bits per heavy atom. The van der Waals surface area contributed by atoms with Crippen molar-refractivity contribution in [3.63, 3.8) is 0 Å². The van der Waals surface area contributed by atoms with Gasteiger partial charge in [-0.3, -0.25) is 4.57 Å². The van der Waals surface area contributed by atoms with Crippen LogP contribution in [0.1, 0.15) is 5.56 Å². The Labute approximate surface area is 161 Å². The first-order chi connectivity index (χ1) is 13.0. The van der Waals surface area contributed by atoms with Gasteiger partial charge in [0.2, 0.25) is 0 Å². The monoisotopic (exact) mass is 398 g/mol. The lowest BCUT2D eigenvalue weighted by molar-refractivity contribution is 0.585. The Morgan fingerprint density at radius 3 is 2.07 bits per heavy atom. The minimum Gasteiger partial charge on any atom is -0.287 e. The molecule has 0 aliphatic heterocycles. The molecule has 0 unspecified atom stereocenters. The number of aromatic nitrogens is 2. The van der Waals surface area contributed by atoms with Crippen LogP contribution in [-0.4, -0.2) is 17.0 Å². The van der Waals surface area contributed by atoms with Crippen molar-refractivity contribution in [2.24, 2.45) is 0 Å². The van der Waals surface area contributed by atoms with Crippen molar-refractivity contribution in [2.45, 2.75) is 11.4 Å². The van der Waals surface area contributed by atoms with E-state index >= 15 is 0 Å². The molecule has 0 bridgehead atoms. The van der Waals surface area contributed by atoms with Gasteiger partial charge in [-0.25, -0.2) is 13.2 Å². The highest BCUT2D eigenvalue weighted by molar-refractivity contribution is 7.90. The maximum absolute atomic E-state index is 13.1. The van der Waals surface area contributed by atoms with Crippen LogP contribution in [0.4, 0.5) is 0 Å². The zero-order valence-corrected chi connectivity index (χ0v) is 15.7. The van der Waals surface area contributed by atoms with Gasteiger partial charge < -0.3 is 0 Å². The Kier molecular flexibility index (Phi) is 4.37. The second-order valence-electron chi connectivity index (χ2n) is 6.03. The van der Waals surface area contributed by atoms with E-state index in [9.17, 15) is 13.2 Å². The first kappa shape index (κ1) is 17.6.